The van der Waals surface area contributed by atoms with Gasteiger partial charge in [-0.3, -0.25) is 4.79 Å². The third-order valence-corrected chi connectivity index (χ3v) is 5.76. The van der Waals surface area contributed by atoms with Gasteiger partial charge in [0.05, 0.1) is 11.3 Å². The van der Waals surface area contributed by atoms with Gasteiger partial charge < -0.3 is 20.3 Å². The van der Waals surface area contributed by atoms with E-state index in [4.69, 9.17) is 9.84 Å². The summed E-state index contributed by atoms with van der Waals surface area (Å²) in [5.74, 6) is -0.817. The van der Waals surface area contributed by atoms with Crippen molar-refractivity contribution in [2.75, 3.05) is 30.9 Å². The molecular weight excluding hydrogens is 485 g/mol. The number of rotatable bonds is 8. The number of amides is 2. The number of aromatic nitrogens is 2. The summed E-state index contributed by atoms with van der Waals surface area (Å²) < 4.78 is 21.3. The van der Waals surface area contributed by atoms with E-state index in [1.807, 2.05) is 62.3 Å². The van der Waals surface area contributed by atoms with Gasteiger partial charge in [-0.25, -0.2) is 9.18 Å². The topological polar surface area (TPSA) is 88.5 Å². The van der Waals surface area contributed by atoms with E-state index in [0.29, 0.717) is 34.7 Å². The van der Waals surface area contributed by atoms with Crippen LogP contribution in [0.5, 0.6) is 5.88 Å². The summed E-state index contributed by atoms with van der Waals surface area (Å²) in [6.07, 6.45) is 0.832. The van der Waals surface area contributed by atoms with E-state index in [1.165, 1.54) is 23.7 Å². The molecule has 0 radical (unpaired) electrons. The Balaban J connectivity index is 1.86. The number of ether oxygens (including phenoxy) is 1. The highest BCUT2D eigenvalue weighted by molar-refractivity contribution is 5.91. The first-order valence-electron chi connectivity index (χ1n) is 12.3. The van der Waals surface area contributed by atoms with Crippen molar-refractivity contribution in [3.05, 3.63) is 78.6 Å². The number of benzene rings is 3. The van der Waals surface area contributed by atoms with Gasteiger partial charge in [-0.15, -0.1) is 0 Å². The number of anilines is 2. The molecule has 3 aromatic carbocycles. The SMILES string of the molecule is CCCNC(=O)Nc1ccc(-c2c(-c3ccc(N(C)C)cc3)nn(-c3cccc(F)c3)c2OC(C)=O)cc1. The van der Waals surface area contributed by atoms with E-state index >= 15 is 0 Å². The van der Waals surface area contributed by atoms with Crippen molar-refractivity contribution in [3.8, 4) is 34.0 Å². The fraction of sp³-hybridized carbons (Fsp3) is 0.207. The molecule has 0 unspecified atom stereocenters. The van der Waals surface area contributed by atoms with Gasteiger partial charge in [0.1, 0.15) is 11.5 Å². The van der Waals surface area contributed by atoms with E-state index in [0.717, 1.165) is 17.7 Å². The van der Waals surface area contributed by atoms with Crippen LogP contribution in [0.2, 0.25) is 0 Å². The molecule has 1 heterocycles. The van der Waals surface area contributed by atoms with Gasteiger partial charge in [0.25, 0.3) is 0 Å². The molecule has 196 valence electrons. The highest BCUT2D eigenvalue weighted by Gasteiger charge is 2.25. The predicted octanol–water partition coefficient (Wildman–Crippen LogP) is 5.87. The Morgan fingerprint density at radius 2 is 1.68 bits per heavy atom. The molecule has 2 N–H and O–H groups in total. The summed E-state index contributed by atoms with van der Waals surface area (Å²) in [6.45, 7) is 3.86. The molecule has 4 rings (SSSR count). The summed E-state index contributed by atoms with van der Waals surface area (Å²) in [5, 5.41) is 10.4. The van der Waals surface area contributed by atoms with E-state index in [2.05, 4.69) is 10.6 Å². The minimum absolute atomic E-state index is 0.163. The Labute approximate surface area is 221 Å². The Bertz CT molecular complexity index is 1430. The van der Waals surface area contributed by atoms with Crippen LogP contribution in [0.25, 0.3) is 28.1 Å². The third kappa shape index (κ3) is 6.00. The highest BCUT2D eigenvalue weighted by Crippen LogP contribution is 2.41. The summed E-state index contributed by atoms with van der Waals surface area (Å²) >= 11 is 0. The minimum atomic E-state index is -0.538. The van der Waals surface area contributed by atoms with Crippen LogP contribution in [0.1, 0.15) is 20.3 Å². The fourth-order valence-electron chi connectivity index (χ4n) is 3.93. The Hall–Kier alpha value is -4.66. The van der Waals surface area contributed by atoms with Crippen LogP contribution in [0.3, 0.4) is 0 Å². The maximum absolute atomic E-state index is 14.2. The Morgan fingerprint density at radius 3 is 2.29 bits per heavy atom. The zero-order chi connectivity index (χ0) is 27.2. The molecule has 0 saturated carbocycles. The van der Waals surface area contributed by atoms with Crippen LogP contribution < -0.4 is 20.3 Å². The van der Waals surface area contributed by atoms with Crippen LogP contribution in [0.4, 0.5) is 20.6 Å². The van der Waals surface area contributed by atoms with Gasteiger partial charge in [-0.2, -0.15) is 9.78 Å². The number of halogens is 1. The lowest BCUT2D eigenvalue weighted by Crippen LogP contribution is -2.29. The number of nitrogens with one attached hydrogen (secondary N) is 2. The summed E-state index contributed by atoms with van der Waals surface area (Å²) in [4.78, 5) is 26.2. The number of hydrogen-bond donors (Lipinski definition) is 2. The zero-order valence-corrected chi connectivity index (χ0v) is 21.8. The lowest BCUT2D eigenvalue weighted by atomic mass is 10.0. The van der Waals surface area contributed by atoms with Crippen molar-refractivity contribution < 1.29 is 18.7 Å². The van der Waals surface area contributed by atoms with Crippen LogP contribution in [0.15, 0.2) is 72.8 Å². The second-order valence-electron chi connectivity index (χ2n) is 8.91. The largest absolute Gasteiger partial charge is 0.407 e. The second kappa shape index (κ2) is 11.6. The number of carbonyl (C=O) groups excluding carboxylic acids is 2. The van der Waals surface area contributed by atoms with Crippen molar-refractivity contribution in [2.45, 2.75) is 20.3 Å². The highest BCUT2D eigenvalue weighted by atomic mass is 19.1. The first kappa shape index (κ1) is 26.4. The number of carbonyl (C=O) groups is 2. The smallest absolute Gasteiger partial charge is 0.319 e. The van der Waals surface area contributed by atoms with E-state index in [-0.39, 0.29) is 11.9 Å². The quantitative estimate of drug-likeness (QED) is 0.287. The normalized spacial score (nSPS) is 10.7. The van der Waals surface area contributed by atoms with E-state index in [9.17, 15) is 14.0 Å². The van der Waals surface area contributed by atoms with Crippen molar-refractivity contribution in [2.24, 2.45) is 0 Å². The fourth-order valence-corrected chi connectivity index (χ4v) is 3.93. The first-order chi connectivity index (χ1) is 18.3. The Morgan fingerprint density at radius 1 is 1.00 bits per heavy atom. The van der Waals surface area contributed by atoms with Gasteiger partial charge in [0, 0.05) is 44.5 Å². The molecule has 0 atom stereocenters. The third-order valence-electron chi connectivity index (χ3n) is 5.76. The van der Waals surface area contributed by atoms with Crippen molar-refractivity contribution in [1.82, 2.24) is 15.1 Å². The molecule has 0 aliphatic heterocycles. The van der Waals surface area contributed by atoms with Crippen LogP contribution in [-0.2, 0) is 4.79 Å². The lowest BCUT2D eigenvalue weighted by Gasteiger charge is -2.13. The second-order valence-corrected chi connectivity index (χ2v) is 8.91. The number of esters is 1. The molecule has 1 aromatic heterocycles. The molecule has 0 aliphatic carbocycles. The van der Waals surface area contributed by atoms with Crippen molar-refractivity contribution in [1.29, 1.82) is 0 Å². The van der Waals surface area contributed by atoms with Crippen LogP contribution in [0, 0.1) is 5.82 Å². The summed E-state index contributed by atoms with van der Waals surface area (Å²) in [5.41, 5.74) is 4.62. The predicted molar refractivity (Wildman–Crippen MR) is 147 cm³/mol. The number of hydrogen-bond acceptors (Lipinski definition) is 5. The first-order valence-corrected chi connectivity index (χ1v) is 12.3. The van der Waals surface area contributed by atoms with Crippen LogP contribution in [-0.4, -0.2) is 42.4 Å². The monoisotopic (exact) mass is 515 g/mol. The molecular formula is C29H30FN5O3. The van der Waals surface area contributed by atoms with Gasteiger partial charge in [-0.05, 0) is 54.4 Å². The van der Waals surface area contributed by atoms with Crippen molar-refractivity contribution in [3.63, 3.8) is 0 Å². The average molecular weight is 516 g/mol. The van der Waals surface area contributed by atoms with Gasteiger partial charge in [0.15, 0.2) is 0 Å². The number of nitrogens with zero attached hydrogens (tertiary/aromatic N) is 3. The molecule has 0 aliphatic rings. The molecule has 38 heavy (non-hydrogen) atoms. The van der Waals surface area contributed by atoms with E-state index in [1.54, 1.807) is 24.3 Å². The number of urea groups is 1. The van der Waals surface area contributed by atoms with Gasteiger partial charge in [-0.1, -0.05) is 37.3 Å². The molecule has 4 aromatic rings. The summed E-state index contributed by atoms with van der Waals surface area (Å²) in [6, 6.07) is 20.6. The molecule has 8 nitrogen and oxygen atoms in total. The molecule has 2 amide bonds. The van der Waals surface area contributed by atoms with Gasteiger partial charge in [0.2, 0.25) is 5.88 Å². The summed E-state index contributed by atoms with van der Waals surface area (Å²) in [7, 11) is 3.91. The zero-order valence-electron chi connectivity index (χ0n) is 21.8. The van der Waals surface area contributed by atoms with Gasteiger partial charge >= 0.3 is 12.0 Å². The Kier molecular flexibility index (Phi) is 8.06. The lowest BCUT2D eigenvalue weighted by molar-refractivity contribution is -0.132. The standard InChI is InChI=1S/C29H30FN5O3/c1-5-17-31-29(37)32-23-13-9-20(10-14-23)26-27(21-11-15-24(16-12-21)34(3)4)33-35(28(26)38-19(2)36)25-8-6-7-22(30)18-25/h6-16,18H,5,17H2,1-4H3,(H2,31,32,37). The molecule has 0 spiro atoms. The molecule has 0 saturated heterocycles. The average Bonchev–Trinajstić information content (AvgIpc) is 3.26. The van der Waals surface area contributed by atoms with E-state index < -0.39 is 11.8 Å². The maximum atomic E-state index is 14.2. The van der Waals surface area contributed by atoms with Crippen molar-refractivity contribution >= 4 is 23.4 Å². The van der Waals surface area contributed by atoms with Crippen LogP contribution >= 0.6 is 0 Å². The maximum Gasteiger partial charge on any atom is 0.319 e. The molecule has 0 bridgehead atoms. The molecule has 0 fully saturated rings. The molecule has 9 heteroatoms. The minimum Gasteiger partial charge on any atom is -0.407 e.